The molecule has 162 valence electrons. The molecule has 0 spiro atoms. The van der Waals surface area contributed by atoms with Gasteiger partial charge in [0.2, 0.25) is 0 Å². The SMILES string of the molecule is COc1ccc(-c2c(C)nn3c(N)cc(C)nc23)c(C)c1.O=C(O)CCC(F)(F)F. The van der Waals surface area contributed by atoms with E-state index in [0.717, 1.165) is 39.5 Å². The van der Waals surface area contributed by atoms with E-state index >= 15 is 0 Å². The number of ether oxygens (including phenoxy) is 1. The lowest BCUT2D eigenvalue weighted by atomic mass is 10.0. The van der Waals surface area contributed by atoms with Crippen molar-refractivity contribution in [2.45, 2.75) is 39.8 Å². The second-order valence-electron chi connectivity index (χ2n) is 6.71. The van der Waals surface area contributed by atoms with Crippen LogP contribution < -0.4 is 10.5 Å². The molecule has 0 saturated heterocycles. The molecule has 0 atom stereocenters. The summed E-state index contributed by atoms with van der Waals surface area (Å²) < 4.78 is 40.4. The molecule has 2 heterocycles. The normalized spacial score (nSPS) is 11.2. The molecular formula is C20H23F3N4O3. The zero-order chi connectivity index (χ0) is 22.6. The molecule has 0 aliphatic carbocycles. The number of aryl methyl sites for hydroxylation is 3. The number of aliphatic carboxylic acids is 1. The highest BCUT2D eigenvalue weighted by Gasteiger charge is 2.27. The van der Waals surface area contributed by atoms with Crippen molar-refractivity contribution in [3.63, 3.8) is 0 Å². The van der Waals surface area contributed by atoms with Crippen molar-refractivity contribution in [3.05, 3.63) is 41.2 Å². The Morgan fingerprint density at radius 2 is 1.90 bits per heavy atom. The minimum atomic E-state index is -4.35. The number of fused-ring (bicyclic) bond motifs is 1. The number of rotatable bonds is 4. The Labute approximate surface area is 171 Å². The Kier molecular flexibility index (Phi) is 6.91. The summed E-state index contributed by atoms with van der Waals surface area (Å²) >= 11 is 0. The minimum Gasteiger partial charge on any atom is -0.497 e. The van der Waals surface area contributed by atoms with E-state index in [1.807, 2.05) is 38.1 Å². The largest absolute Gasteiger partial charge is 0.497 e. The summed E-state index contributed by atoms with van der Waals surface area (Å²) in [5, 5.41) is 12.3. The highest BCUT2D eigenvalue weighted by Crippen LogP contribution is 2.32. The number of anilines is 1. The molecule has 0 aliphatic heterocycles. The van der Waals surface area contributed by atoms with Crippen LogP contribution in [0.25, 0.3) is 16.8 Å². The van der Waals surface area contributed by atoms with Gasteiger partial charge >= 0.3 is 12.1 Å². The van der Waals surface area contributed by atoms with Gasteiger partial charge in [0.1, 0.15) is 11.6 Å². The summed E-state index contributed by atoms with van der Waals surface area (Å²) in [5.41, 5.74) is 11.9. The maximum absolute atomic E-state index is 11.2. The molecule has 7 nitrogen and oxygen atoms in total. The van der Waals surface area contributed by atoms with Crippen molar-refractivity contribution in [1.82, 2.24) is 14.6 Å². The van der Waals surface area contributed by atoms with E-state index in [4.69, 9.17) is 15.6 Å². The van der Waals surface area contributed by atoms with Gasteiger partial charge in [-0.3, -0.25) is 4.79 Å². The Morgan fingerprint density at radius 3 is 2.40 bits per heavy atom. The van der Waals surface area contributed by atoms with Crippen molar-refractivity contribution < 1.29 is 27.8 Å². The Bertz CT molecular complexity index is 1060. The number of nitrogens with two attached hydrogens (primary N) is 1. The van der Waals surface area contributed by atoms with E-state index in [1.54, 1.807) is 11.6 Å². The van der Waals surface area contributed by atoms with Crippen molar-refractivity contribution in [2.24, 2.45) is 0 Å². The molecule has 0 fully saturated rings. The summed E-state index contributed by atoms with van der Waals surface area (Å²) in [6, 6.07) is 7.82. The van der Waals surface area contributed by atoms with Crippen molar-refractivity contribution in [3.8, 4) is 16.9 Å². The third-order valence-corrected chi connectivity index (χ3v) is 4.24. The number of carboxylic acid groups (broad SMARTS) is 1. The van der Waals surface area contributed by atoms with Crippen LogP contribution in [0, 0.1) is 20.8 Å². The molecule has 3 aromatic rings. The van der Waals surface area contributed by atoms with Gasteiger partial charge in [-0.1, -0.05) is 6.07 Å². The summed E-state index contributed by atoms with van der Waals surface area (Å²) in [7, 11) is 1.67. The van der Waals surface area contributed by atoms with Crippen LogP contribution in [0.2, 0.25) is 0 Å². The van der Waals surface area contributed by atoms with Crippen LogP contribution >= 0.6 is 0 Å². The quantitative estimate of drug-likeness (QED) is 0.646. The number of methoxy groups -OCH3 is 1. The lowest BCUT2D eigenvalue weighted by molar-refractivity contribution is -0.152. The van der Waals surface area contributed by atoms with Gasteiger partial charge in [-0.15, -0.1) is 0 Å². The van der Waals surface area contributed by atoms with Gasteiger partial charge in [0.25, 0.3) is 0 Å². The maximum atomic E-state index is 11.2. The molecule has 0 amide bonds. The minimum absolute atomic E-state index is 0.595. The summed E-state index contributed by atoms with van der Waals surface area (Å²) in [5.74, 6) is 0.0133. The first-order valence-electron chi connectivity index (χ1n) is 8.99. The number of nitrogens with zero attached hydrogens (tertiary/aromatic N) is 3. The standard InChI is InChI=1S/C16H18N4O.C4H5F3O2/c1-9-7-12(21-4)5-6-13(9)15-11(3)19-20-14(17)8-10(2)18-16(15)20;5-4(6,7)2-1-3(8)9/h5-8H,17H2,1-4H3;1-2H2,(H,8,9). The Hall–Kier alpha value is -3.30. The monoisotopic (exact) mass is 424 g/mol. The number of carbonyl (C=O) groups is 1. The van der Waals surface area contributed by atoms with E-state index < -0.39 is 25.0 Å². The molecule has 0 aliphatic rings. The molecule has 0 radical (unpaired) electrons. The van der Waals surface area contributed by atoms with Gasteiger partial charge in [0.05, 0.1) is 25.6 Å². The number of benzene rings is 1. The number of alkyl halides is 3. The highest BCUT2D eigenvalue weighted by molar-refractivity contribution is 5.83. The Balaban J connectivity index is 0.000000303. The number of nitrogen functional groups attached to an aromatic ring is 1. The molecule has 3 rings (SSSR count). The lowest BCUT2D eigenvalue weighted by Gasteiger charge is -2.08. The molecule has 3 N–H and O–H groups in total. The van der Waals surface area contributed by atoms with Crippen LogP contribution in [-0.4, -0.2) is 39.0 Å². The second kappa shape index (κ2) is 9.02. The lowest BCUT2D eigenvalue weighted by Crippen LogP contribution is -2.09. The van der Waals surface area contributed by atoms with Crippen molar-refractivity contribution in [2.75, 3.05) is 12.8 Å². The van der Waals surface area contributed by atoms with Gasteiger partial charge in [-0.05, 0) is 44.0 Å². The van der Waals surface area contributed by atoms with Crippen LogP contribution in [0.4, 0.5) is 19.0 Å². The highest BCUT2D eigenvalue weighted by atomic mass is 19.4. The molecular weight excluding hydrogens is 401 g/mol. The molecule has 2 aromatic heterocycles. The Morgan fingerprint density at radius 1 is 1.23 bits per heavy atom. The molecule has 0 bridgehead atoms. The average Bonchev–Trinajstić information content (AvgIpc) is 2.96. The first kappa shape index (κ1) is 23.0. The van der Waals surface area contributed by atoms with E-state index in [1.165, 1.54) is 0 Å². The first-order valence-corrected chi connectivity index (χ1v) is 8.99. The fourth-order valence-corrected chi connectivity index (χ4v) is 2.88. The topological polar surface area (TPSA) is 103 Å². The summed E-state index contributed by atoms with van der Waals surface area (Å²) in [6.07, 6.45) is -6.44. The third-order valence-electron chi connectivity index (χ3n) is 4.24. The zero-order valence-corrected chi connectivity index (χ0v) is 17.0. The number of hydrogen-bond donors (Lipinski definition) is 2. The van der Waals surface area contributed by atoms with Crippen LogP contribution in [0.1, 0.15) is 29.8 Å². The van der Waals surface area contributed by atoms with E-state index in [9.17, 15) is 18.0 Å². The van der Waals surface area contributed by atoms with Gasteiger partial charge in [0, 0.05) is 17.3 Å². The molecule has 0 saturated carbocycles. The van der Waals surface area contributed by atoms with Crippen LogP contribution in [0.15, 0.2) is 24.3 Å². The van der Waals surface area contributed by atoms with E-state index in [-0.39, 0.29) is 0 Å². The predicted octanol–water partition coefficient (Wildman–Crippen LogP) is 4.33. The predicted molar refractivity (Wildman–Crippen MR) is 107 cm³/mol. The number of halogens is 3. The van der Waals surface area contributed by atoms with Gasteiger partial charge in [-0.25, -0.2) is 4.98 Å². The van der Waals surface area contributed by atoms with E-state index in [0.29, 0.717) is 5.82 Å². The number of aromatic nitrogens is 3. The third kappa shape index (κ3) is 5.62. The summed E-state index contributed by atoms with van der Waals surface area (Å²) in [4.78, 5) is 14.2. The van der Waals surface area contributed by atoms with E-state index in [2.05, 4.69) is 17.0 Å². The van der Waals surface area contributed by atoms with Crippen molar-refractivity contribution in [1.29, 1.82) is 0 Å². The average molecular weight is 424 g/mol. The number of carboxylic acids is 1. The zero-order valence-electron chi connectivity index (χ0n) is 17.0. The second-order valence-corrected chi connectivity index (χ2v) is 6.71. The van der Waals surface area contributed by atoms with Gasteiger partial charge < -0.3 is 15.6 Å². The summed E-state index contributed by atoms with van der Waals surface area (Å²) in [6.45, 7) is 5.96. The molecule has 1 aromatic carbocycles. The fourth-order valence-electron chi connectivity index (χ4n) is 2.88. The molecule has 30 heavy (non-hydrogen) atoms. The molecule has 0 unspecified atom stereocenters. The van der Waals surface area contributed by atoms with Gasteiger partial charge in [-0.2, -0.15) is 22.8 Å². The smallest absolute Gasteiger partial charge is 0.389 e. The van der Waals surface area contributed by atoms with Crippen LogP contribution in [0.3, 0.4) is 0 Å². The van der Waals surface area contributed by atoms with Crippen molar-refractivity contribution >= 4 is 17.4 Å². The fraction of sp³-hybridized carbons (Fsp3) is 0.350. The number of hydrogen-bond acceptors (Lipinski definition) is 5. The molecule has 10 heteroatoms. The van der Waals surface area contributed by atoms with Crippen LogP contribution in [-0.2, 0) is 4.79 Å². The maximum Gasteiger partial charge on any atom is 0.389 e. The first-order chi connectivity index (χ1) is 13.9. The van der Waals surface area contributed by atoms with Gasteiger partial charge in [0.15, 0.2) is 5.65 Å². The van der Waals surface area contributed by atoms with Crippen LogP contribution in [0.5, 0.6) is 5.75 Å².